The summed E-state index contributed by atoms with van der Waals surface area (Å²) in [4.78, 5) is 48.0. The first-order valence-corrected chi connectivity index (χ1v) is 4.81. The molecule has 0 spiro atoms. The second-order valence-corrected chi connectivity index (χ2v) is 3.27. The Balaban J connectivity index is 2.74. The zero-order chi connectivity index (χ0) is 13.7. The smallest absolute Gasteiger partial charge is 0.334 e. The van der Waals surface area contributed by atoms with Crippen molar-refractivity contribution in [2.45, 2.75) is 6.10 Å². The van der Waals surface area contributed by atoms with Gasteiger partial charge in [-0.05, 0) is 0 Å². The number of ether oxygens (including phenoxy) is 1. The number of hydrogen-bond donors (Lipinski definition) is 4. The Morgan fingerprint density at radius 3 is 2.61 bits per heavy atom. The van der Waals surface area contributed by atoms with Crippen LogP contribution in [0.5, 0.6) is 0 Å². The van der Waals surface area contributed by atoms with E-state index in [-0.39, 0.29) is 12.2 Å². The molecule has 9 heteroatoms. The third-order valence-electron chi connectivity index (χ3n) is 2.01. The van der Waals surface area contributed by atoms with Gasteiger partial charge in [-0.15, -0.1) is 0 Å². The average molecular weight is 257 g/mol. The number of rotatable bonds is 5. The van der Waals surface area contributed by atoms with Gasteiger partial charge >= 0.3 is 11.7 Å². The summed E-state index contributed by atoms with van der Waals surface area (Å²) >= 11 is 0. The summed E-state index contributed by atoms with van der Waals surface area (Å²) in [5, 5.41) is 10.9. The molecule has 1 aromatic heterocycles. The highest BCUT2D eigenvalue weighted by Gasteiger charge is 2.18. The molecule has 9 nitrogen and oxygen atoms in total. The molecule has 0 saturated carbocycles. The number of aliphatic carboxylic acids is 1. The fraction of sp³-hybridized carbons (Fsp3) is 0.333. The Morgan fingerprint density at radius 2 is 2.11 bits per heavy atom. The molecule has 0 aliphatic heterocycles. The van der Waals surface area contributed by atoms with E-state index in [1.807, 2.05) is 4.98 Å². The van der Waals surface area contributed by atoms with Crippen molar-refractivity contribution in [3.8, 4) is 0 Å². The molecule has 0 saturated heterocycles. The van der Waals surface area contributed by atoms with Gasteiger partial charge in [0, 0.05) is 13.2 Å². The van der Waals surface area contributed by atoms with Crippen molar-refractivity contribution >= 4 is 11.9 Å². The number of H-pyrrole nitrogens is 2. The Kier molecular flexibility index (Phi) is 4.38. The van der Waals surface area contributed by atoms with Gasteiger partial charge in [0.05, 0.1) is 6.54 Å². The molecule has 1 atom stereocenters. The first-order valence-electron chi connectivity index (χ1n) is 4.81. The lowest BCUT2D eigenvalue weighted by Gasteiger charge is -2.11. The van der Waals surface area contributed by atoms with Crippen LogP contribution in [0.25, 0.3) is 0 Å². The van der Waals surface area contributed by atoms with E-state index in [9.17, 15) is 19.2 Å². The zero-order valence-electron chi connectivity index (χ0n) is 9.35. The van der Waals surface area contributed by atoms with E-state index in [2.05, 4.69) is 15.0 Å². The Labute approximate surface area is 99.8 Å². The first-order chi connectivity index (χ1) is 8.43. The van der Waals surface area contributed by atoms with E-state index in [0.717, 1.165) is 6.07 Å². The highest BCUT2D eigenvalue weighted by Crippen LogP contribution is 1.90. The Morgan fingerprint density at radius 1 is 1.44 bits per heavy atom. The summed E-state index contributed by atoms with van der Waals surface area (Å²) in [5.74, 6) is -2.02. The van der Waals surface area contributed by atoms with Crippen LogP contribution >= 0.6 is 0 Å². The van der Waals surface area contributed by atoms with Gasteiger partial charge in [0.1, 0.15) is 5.69 Å². The average Bonchev–Trinajstić information content (AvgIpc) is 2.27. The van der Waals surface area contributed by atoms with E-state index in [1.54, 1.807) is 0 Å². The van der Waals surface area contributed by atoms with Gasteiger partial charge in [-0.2, -0.15) is 0 Å². The number of carboxylic acids is 1. The molecular weight excluding hydrogens is 246 g/mol. The molecule has 0 aromatic carbocycles. The number of nitrogens with one attached hydrogen (secondary N) is 3. The number of carbonyl (C=O) groups excluding carboxylic acids is 1. The monoisotopic (exact) mass is 257 g/mol. The van der Waals surface area contributed by atoms with Crippen molar-refractivity contribution < 1.29 is 19.4 Å². The maximum atomic E-state index is 11.5. The predicted octanol–water partition coefficient (Wildman–Crippen LogP) is -2.11. The summed E-state index contributed by atoms with van der Waals surface area (Å²) in [6.07, 6.45) is -1.21. The molecule has 98 valence electrons. The molecule has 4 N–H and O–H groups in total. The highest BCUT2D eigenvalue weighted by atomic mass is 16.5. The van der Waals surface area contributed by atoms with Crippen LogP contribution in [-0.4, -0.2) is 46.7 Å². The van der Waals surface area contributed by atoms with Crippen LogP contribution in [0.15, 0.2) is 15.7 Å². The third kappa shape index (κ3) is 3.56. The molecule has 0 bridgehead atoms. The second kappa shape index (κ2) is 5.77. The number of carboxylic acid groups (broad SMARTS) is 1. The minimum absolute atomic E-state index is 0.260. The lowest BCUT2D eigenvalue weighted by molar-refractivity contribution is -0.148. The van der Waals surface area contributed by atoms with Crippen LogP contribution < -0.4 is 16.6 Å². The number of carbonyl (C=O) groups is 2. The number of methoxy groups -OCH3 is 1. The standard InChI is InChI=1S/C9H11N3O6/c1-18-5(8(15)16)3-10-7(14)4-2-6(13)12-9(17)11-4/h2,5H,3H2,1H3,(H,10,14)(H,15,16)(H2,11,12,13,17). The lowest BCUT2D eigenvalue weighted by atomic mass is 10.3. The van der Waals surface area contributed by atoms with Crippen molar-refractivity contribution in [3.05, 3.63) is 32.6 Å². The van der Waals surface area contributed by atoms with Gasteiger partial charge in [0.25, 0.3) is 11.5 Å². The van der Waals surface area contributed by atoms with Crippen molar-refractivity contribution in [1.29, 1.82) is 0 Å². The van der Waals surface area contributed by atoms with Crippen LogP contribution in [0.3, 0.4) is 0 Å². The number of aromatic nitrogens is 2. The third-order valence-corrected chi connectivity index (χ3v) is 2.01. The number of amides is 1. The van der Waals surface area contributed by atoms with Crippen molar-refractivity contribution in [2.75, 3.05) is 13.7 Å². The predicted molar refractivity (Wildman–Crippen MR) is 58.4 cm³/mol. The molecule has 0 aliphatic carbocycles. The SMILES string of the molecule is COC(CNC(=O)c1cc(=O)[nH]c(=O)[nH]1)C(=O)O. The van der Waals surface area contributed by atoms with Crippen molar-refractivity contribution in [3.63, 3.8) is 0 Å². The van der Waals surface area contributed by atoms with Crippen molar-refractivity contribution in [2.24, 2.45) is 0 Å². The topological polar surface area (TPSA) is 141 Å². The van der Waals surface area contributed by atoms with E-state index >= 15 is 0 Å². The summed E-state index contributed by atoms with van der Waals surface area (Å²) in [6.45, 7) is -0.292. The van der Waals surface area contributed by atoms with E-state index in [4.69, 9.17) is 5.11 Å². The van der Waals surface area contributed by atoms with Gasteiger partial charge in [-0.3, -0.25) is 14.6 Å². The van der Waals surface area contributed by atoms with E-state index < -0.39 is 29.2 Å². The number of hydrogen-bond acceptors (Lipinski definition) is 5. The summed E-state index contributed by atoms with van der Waals surface area (Å²) in [5.41, 5.74) is -1.82. The maximum Gasteiger partial charge on any atom is 0.334 e. The van der Waals surface area contributed by atoms with Gasteiger partial charge < -0.3 is 20.1 Å². The van der Waals surface area contributed by atoms with Crippen LogP contribution in [0.4, 0.5) is 0 Å². The first kappa shape index (κ1) is 13.6. The molecule has 1 aromatic rings. The molecule has 18 heavy (non-hydrogen) atoms. The summed E-state index contributed by atoms with van der Waals surface area (Å²) in [7, 11) is 1.18. The van der Waals surface area contributed by atoms with Crippen LogP contribution in [-0.2, 0) is 9.53 Å². The Hall–Kier alpha value is -2.42. The second-order valence-electron chi connectivity index (χ2n) is 3.27. The van der Waals surface area contributed by atoms with E-state index in [0.29, 0.717) is 0 Å². The fourth-order valence-corrected chi connectivity index (χ4v) is 1.14. The minimum Gasteiger partial charge on any atom is -0.479 e. The van der Waals surface area contributed by atoms with Gasteiger partial charge in [-0.25, -0.2) is 9.59 Å². The molecular formula is C9H11N3O6. The molecule has 1 heterocycles. The van der Waals surface area contributed by atoms with Gasteiger partial charge in [0.2, 0.25) is 0 Å². The lowest BCUT2D eigenvalue weighted by Crippen LogP contribution is -2.39. The molecule has 0 fully saturated rings. The van der Waals surface area contributed by atoms with Crippen LogP contribution in [0.2, 0.25) is 0 Å². The quantitative estimate of drug-likeness (QED) is 0.475. The zero-order valence-corrected chi connectivity index (χ0v) is 9.35. The molecule has 1 amide bonds. The summed E-state index contributed by atoms with van der Waals surface area (Å²) < 4.78 is 4.59. The Bertz CT molecular complexity index is 532. The molecule has 0 aliphatic rings. The van der Waals surface area contributed by atoms with Gasteiger partial charge in [-0.1, -0.05) is 0 Å². The maximum absolute atomic E-state index is 11.5. The molecule has 0 radical (unpaired) electrons. The summed E-state index contributed by atoms with van der Waals surface area (Å²) in [6, 6.07) is 0.888. The fourth-order valence-electron chi connectivity index (χ4n) is 1.14. The van der Waals surface area contributed by atoms with Gasteiger partial charge in [0.15, 0.2) is 6.10 Å². The normalized spacial score (nSPS) is 11.8. The molecule has 1 unspecified atom stereocenters. The van der Waals surface area contributed by atoms with Crippen LogP contribution in [0.1, 0.15) is 10.5 Å². The minimum atomic E-state index is -1.24. The highest BCUT2D eigenvalue weighted by molar-refractivity contribution is 5.92. The van der Waals surface area contributed by atoms with Crippen LogP contribution in [0, 0.1) is 0 Å². The van der Waals surface area contributed by atoms with E-state index in [1.165, 1.54) is 7.11 Å². The van der Waals surface area contributed by atoms with Crippen molar-refractivity contribution in [1.82, 2.24) is 15.3 Å². The number of aromatic amines is 2. The molecule has 1 rings (SSSR count). The largest absolute Gasteiger partial charge is 0.479 e.